The van der Waals surface area contributed by atoms with Crippen LogP contribution in [0.25, 0.3) is 10.9 Å². The van der Waals surface area contributed by atoms with Gasteiger partial charge in [0.05, 0.1) is 6.10 Å². The molecule has 1 aliphatic heterocycles. The summed E-state index contributed by atoms with van der Waals surface area (Å²) in [6, 6.07) is 10.7. The molecule has 1 saturated heterocycles. The molecule has 0 aliphatic carbocycles. The molecule has 1 atom stereocenters. The lowest BCUT2D eigenvalue weighted by Gasteiger charge is -2.12. The van der Waals surface area contributed by atoms with Crippen molar-refractivity contribution in [2.75, 3.05) is 6.61 Å². The van der Waals surface area contributed by atoms with Crippen molar-refractivity contribution >= 4 is 10.9 Å². The van der Waals surface area contributed by atoms with Gasteiger partial charge in [-0.2, -0.15) is 0 Å². The maximum Gasteiger partial charge on any atom is 0.0576 e. The maximum absolute atomic E-state index is 5.86. The highest BCUT2D eigenvalue weighted by molar-refractivity contribution is 5.81. The predicted molar refractivity (Wildman–Crippen MR) is 78.0 cm³/mol. The standard InChI is InChI=1S/C16H22N2O/c17-12-14-11-13-5-1-2-8-16(13)18(14)9-3-6-15-7-4-10-19-15/h1-2,5,8,11,15H,3-4,6-7,9-10,12,17H2. The number of ether oxygens (including phenoxy) is 1. The van der Waals surface area contributed by atoms with E-state index in [-0.39, 0.29) is 0 Å². The summed E-state index contributed by atoms with van der Waals surface area (Å²) in [7, 11) is 0. The fraction of sp³-hybridized carbons (Fsp3) is 0.500. The third kappa shape index (κ3) is 2.67. The van der Waals surface area contributed by atoms with E-state index < -0.39 is 0 Å². The van der Waals surface area contributed by atoms with Crippen LogP contribution in [0.3, 0.4) is 0 Å². The Morgan fingerprint density at radius 3 is 3.00 bits per heavy atom. The molecule has 1 fully saturated rings. The predicted octanol–water partition coefficient (Wildman–Crippen LogP) is 3.06. The summed E-state index contributed by atoms with van der Waals surface area (Å²) in [6.45, 7) is 2.60. The summed E-state index contributed by atoms with van der Waals surface area (Å²) in [6.07, 6.45) is 5.27. The Morgan fingerprint density at radius 2 is 2.21 bits per heavy atom. The number of nitrogens with zero attached hydrogens (tertiary/aromatic N) is 1. The molecule has 2 N–H and O–H groups in total. The van der Waals surface area contributed by atoms with Crippen LogP contribution in [-0.2, 0) is 17.8 Å². The fourth-order valence-corrected chi connectivity index (χ4v) is 3.05. The minimum atomic E-state index is 0.489. The molecule has 1 unspecified atom stereocenters. The first-order valence-electron chi connectivity index (χ1n) is 7.27. The Labute approximate surface area is 114 Å². The highest BCUT2D eigenvalue weighted by atomic mass is 16.5. The van der Waals surface area contributed by atoms with Gasteiger partial charge in [-0.3, -0.25) is 0 Å². The second-order valence-corrected chi connectivity index (χ2v) is 5.33. The Morgan fingerprint density at radius 1 is 1.32 bits per heavy atom. The summed E-state index contributed by atoms with van der Waals surface area (Å²) < 4.78 is 8.05. The van der Waals surface area contributed by atoms with Gasteiger partial charge in [0.1, 0.15) is 0 Å². The first-order chi connectivity index (χ1) is 9.38. The topological polar surface area (TPSA) is 40.2 Å². The van der Waals surface area contributed by atoms with Crippen LogP contribution >= 0.6 is 0 Å². The van der Waals surface area contributed by atoms with Crippen LogP contribution in [0.2, 0.25) is 0 Å². The van der Waals surface area contributed by atoms with E-state index in [1.807, 2.05) is 0 Å². The third-order valence-electron chi connectivity index (χ3n) is 4.04. The van der Waals surface area contributed by atoms with E-state index in [4.69, 9.17) is 10.5 Å². The number of aryl methyl sites for hydroxylation is 1. The minimum Gasteiger partial charge on any atom is -0.378 e. The van der Waals surface area contributed by atoms with Crippen LogP contribution < -0.4 is 5.73 Å². The van der Waals surface area contributed by atoms with E-state index in [0.717, 1.165) is 26.0 Å². The first-order valence-corrected chi connectivity index (χ1v) is 7.27. The summed E-state index contributed by atoms with van der Waals surface area (Å²) in [5.74, 6) is 0. The van der Waals surface area contributed by atoms with Crippen molar-refractivity contribution < 1.29 is 4.74 Å². The molecule has 0 radical (unpaired) electrons. The Bertz CT molecular complexity index is 541. The Balaban J connectivity index is 1.71. The van der Waals surface area contributed by atoms with Gasteiger partial charge in [0.2, 0.25) is 0 Å². The number of benzene rings is 1. The summed E-state index contributed by atoms with van der Waals surface area (Å²) in [4.78, 5) is 0. The van der Waals surface area contributed by atoms with Gasteiger partial charge in [-0.1, -0.05) is 18.2 Å². The van der Waals surface area contributed by atoms with Gasteiger partial charge in [0.15, 0.2) is 0 Å². The van der Waals surface area contributed by atoms with E-state index >= 15 is 0 Å². The van der Waals surface area contributed by atoms with Crippen LogP contribution in [0.15, 0.2) is 30.3 Å². The van der Waals surface area contributed by atoms with Crippen molar-refractivity contribution in [1.29, 1.82) is 0 Å². The number of rotatable bonds is 5. The van der Waals surface area contributed by atoms with Crippen molar-refractivity contribution in [2.45, 2.75) is 44.9 Å². The van der Waals surface area contributed by atoms with Gasteiger partial charge >= 0.3 is 0 Å². The molecule has 0 spiro atoms. The lowest BCUT2D eigenvalue weighted by atomic mass is 10.1. The molecule has 19 heavy (non-hydrogen) atoms. The monoisotopic (exact) mass is 258 g/mol. The quantitative estimate of drug-likeness (QED) is 0.895. The van der Waals surface area contributed by atoms with E-state index in [9.17, 15) is 0 Å². The lowest BCUT2D eigenvalue weighted by Crippen LogP contribution is -2.10. The minimum absolute atomic E-state index is 0.489. The molecule has 3 nitrogen and oxygen atoms in total. The molecule has 102 valence electrons. The van der Waals surface area contributed by atoms with Gasteiger partial charge in [0.25, 0.3) is 0 Å². The number of hydrogen-bond acceptors (Lipinski definition) is 2. The zero-order valence-corrected chi connectivity index (χ0v) is 11.3. The molecule has 2 heterocycles. The van der Waals surface area contributed by atoms with Crippen molar-refractivity contribution in [3.63, 3.8) is 0 Å². The molecular formula is C16H22N2O. The van der Waals surface area contributed by atoms with Crippen LogP contribution in [0.4, 0.5) is 0 Å². The Kier molecular flexibility index (Phi) is 3.85. The van der Waals surface area contributed by atoms with Crippen LogP contribution in [0.5, 0.6) is 0 Å². The molecule has 1 aromatic heterocycles. The number of nitrogens with two attached hydrogens (primary N) is 1. The molecule has 0 bridgehead atoms. The molecule has 1 aromatic carbocycles. The van der Waals surface area contributed by atoms with Gasteiger partial charge in [-0.15, -0.1) is 0 Å². The highest BCUT2D eigenvalue weighted by Gasteiger charge is 2.15. The maximum atomic E-state index is 5.86. The second-order valence-electron chi connectivity index (χ2n) is 5.33. The van der Waals surface area contributed by atoms with E-state index in [2.05, 4.69) is 34.9 Å². The normalized spacial score (nSPS) is 19.3. The average molecular weight is 258 g/mol. The smallest absolute Gasteiger partial charge is 0.0576 e. The second kappa shape index (κ2) is 5.76. The molecule has 3 rings (SSSR count). The first kappa shape index (κ1) is 12.7. The fourth-order valence-electron chi connectivity index (χ4n) is 3.05. The third-order valence-corrected chi connectivity index (χ3v) is 4.04. The van der Waals surface area contributed by atoms with E-state index in [1.165, 1.54) is 29.4 Å². The number of aromatic nitrogens is 1. The van der Waals surface area contributed by atoms with Gasteiger partial charge < -0.3 is 15.0 Å². The van der Waals surface area contributed by atoms with E-state index in [0.29, 0.717) is 12.6 Å². The van der Waals surface area contributed by atoms with Crippen LogP contribution in [-0.4, -0.2) is 17.3 Å². The highest BCUT2D eigenvalue weighted by Crippen LogP contribution is 2.22. The van der Waals surface area contributed by atoms with Crippen LogP contribution in [0, 0.1) is 0 Å². The average Bonchev–Trinajstić information content (AvgIpc) is 3.06. The Hall–Kier alpha value is -1.32. The molecule has 2 aromatic rings. The number of para-hydroxylation sites is 1. The molecule has 0 saturated carbocycles. The molecule has 1 aliphatic rings. The molecular weight excluding hydrogens is 236 g/mol. The van der Waals surface area contributed by atoms with E-state index in [1.54, 1.807) is 0 Å². The van der Waals surface area contributed by atoms with Crippen molar-refractivity contribution in [3.05, 3.63) is 36.0 Å². The number of hydrogen-bond donors (Lipinski definition) is 1. The summed E-state index contributed by atoms with van der Waals surface area (Å²) in [5, 5.41) is 1.29. The molecule has 3 heteroatoms. The van der Waals surface area contributed by atoms with Crippen molar-refractivity contribution in [2.24, 2.45) is 5.73 Å². The van der Waals surface area contributed by atoms with Gasteiger partial charge in [0, 0.05) is 30.9 Å². The largest absolute Gasteiger partial charge is 0.378 e. The zero-order valence-electron chi connectivity index (χ0n) is 11.3. The van der Waals surface area contributed by atoms with Gasteiger partial charge in [-0.05, 0) is 43.2 Å². The summed E-state index contributed by atoms with van der Waals surface area (Å²) >= 11 is 0. The zero-order chi connectivity index (χ0) is 13.1. The lowest BCUT2D eigenvalue weighted by molar-refractivity contribution is 0.101. The summed E-state index contributed by atoms with van der Waals surface area (Å²) in [5.41, 5.74) is 8.39. The van der Waals surface area contributed by atoms with Crippen LogP contribution in [0.1, 0.15) is 31.4 Å². The van der Waals surface area contributed by atoms with Crippen molar-refractivity contribution in [3.8, 4) is 0 Å². The van der Waals surface area contributed by atoms with Gasteiger partial charge in [-0.25, -0.2) is 0 Å². The number of fused-ring (bicyclic) bond motifs is 1. The SMILES string of the molecule is NCc1cc2ccccc2n1CCCC1CCCO1. The molecule has 0 amide bonds. The van der Waals surface area contributed by atoms with Crippen molar-refractivity contribution in [1.82, 2.24) is 4.57 Å².